The lowest BCUT2D eigenvalue weighted by atomic mass is 9.98. The maximum Gasteiger partial charge on any atom is 0.329 e. The first-order valence-corrected chi connectivity index (χ1v) is 5.91. The number of carbonyl (C=O) groups is 2. The molecular formula is C11H18N2O4. The Bertz CT molecular complexity index is 346. The predicted octanol–water partition coefficient (Wildman–Crippen LogP) is -0.825. The number of aliphatic hydroxyl groups excluding tert-OH is 1. The number of carboxylic acids is 1. The van der Waals surface area contributed by atoms with Crippen LogP contribution in [0.5, 0.6) is 0 Å². The molecule has 2 fully saturated rings. The van der Waals surface area contributed by atoms with Crippen LogP contribution in [0.1, 0.15) is 26.2 Å². The standard InChI is InChI=1S/C11H18N2O4/c1-11(10(16)17)3-2-4-13(11)9(15)8-5-7(14)6-12-8/h7-8,12,14H,2-6H2,1H3,(H,16,17). The summed E-state index contributed by atoms with van der Waals surface area (Å²) >= 11 is 0. The van der Waals surface area contributed by atoms with Gasteiger partial charge >= 0.3 is 5.97 Å². The Morgan fingerprint density at radius 1 is 1.47 bits per heavy atom. The van der Waals surface area contributed by atoms with Crippen LogP contribution in [0.3, 0.4) is 0 Å². The van der Waals surface area contributed by atoms with Gasteiger partial charge in [0.05, 0.1) is 12.1 Å². The zero-order chi connectivity index (χ0) is 12.6. The topological polar surface area (TPSA) is 89.9 Å². The zero-order valence-corrected chi connectivity index (χ0v) is 9.85. The Morgan fingerprint density at radius 3 is 2.71 bits per heavy atom. The second-order valence-corrected chi connectivity index (χ2v) is 5.02. The van der Waals surface area contributed by atoms with E-state index in [1.54, 1.807) is 6.92 Å². The van der Waals surface area contributed by atoms with Crippen LogP contribution in [0.15, 0.2) is 0 Å². The summed E-state index contributed by atoms with van der Waals surface area (Å²) in [6.45, 7) is 2.47. The summed E-state index contributed by atoms with van der Waals surface area (Å²) in [6.07, 6.45) is 1.06. The number of β-amino-alcohol motifs (C(OH)–C–C–N with tert-alkyl or cyclic N) is 1. The van der Waals surface area contributed by atoms with E-state index in [4.69, 9.17) is 0 Å². The van der Waals surface area contributed by atoms with E-state index < -0.39 is 23.7 Å². The minimum absolute atomic E-state index is 0.205. The molecule has 0 aromatic heterocycles. The average Bonchev–Trinajstić information content (AvgIpc) is 2.85. The maximum atomic E-state index is 12.2. The molecule has 0 aromatic rings. The van der Waals surface area contributed by atoms with E-state index in [1.807, 2.05) is 0 Å². The molecule has 6 nitrogen and oxygen atoms in total. The Hall–Kier alpha value is -1.14. The highest BCUT2D eigenvalue weighted by Crippen LogP contribution is 2.30. The molecule has 6 heteroatoms. The fourth-order valence-corrected chi connectivity index (χ4v) is 2.63. The molecule has 2 rings (SSSR count). The molecule has 0 bridgehead atoms. The van der Waals surface area contributed by atoms with E-state index >= 15 is 0 Å². The fourth-order valence-electron chi connectivity index (χ4n) is 2.63. The molecule has 2 aliphatic heterocycles. The number of nitrogens with zero attached hydrogens (tertiary/aromatic N) is 1. The summed E-state index contributed by atoms with van der Waals surface area (Å²) in [4.78, 5) is 24.9. The number of aliphatic hydroxyl groups is 1. The number of carbonyl (C=O) groups excluding carboxylic acids is 1. The Morgan fingerprint density at radius 2 is 2.18 bits per heavy atom. The van der Waals surface area contributed by atoms with E-state index in [2.05, 4.69) is 5.32 Å². The normalized spacial score (nSPS) is 37.4. The monoisotopic (exact) mass is 242 g/mol. The van der Waals surface area contributed by atoms with E-state index in [0.717, 1.165) is 0 Å². The van der Waals surface area contributed by atoms with Crippen LogP contribution in [0.25, 0.3) is 0 Å². The lowest BCUT2D eigenvalue weighted by Gasteiger charge is -2.33. The second kappa shape index (κ2) is 4.27. The van der Waals surface area contributed by atoms with Gasteiger partial charge in [-0.05, 0) is 26.2 Å². The van der Waals surface area contributed by atoms with Crippen LogP contribution in [-0.4, -0.2) is 57.8 Å². The van der Waals surface area contributed by atoms with Crippen molar-refractivity contribution in [1.29, 1.82) is 0 Å². The van der Waals surface area contributed by atoms with Crippen LogP contribution in [-0.2, 0) is 9.59 Å². The number of hydrogen-bond donors (Lipinski definition) is 3. The van der Waals surface area contributed by atoms with Crippen molar-refractivity contribution in [3.05, 3.63) is 0 Å². The van der Waals surface area contributed by atoms with Crippen molar-refractivity contribution >= 4 is 11.9 Å². The van der Waals surface area contributed by atoms with Gasteiger partial charge in [-0.1, -0.05) is 0 Å². The first-order chi connectivity index (χ1) is 7.95. The molecule has 0 aliphatic carbocycles. The molecule has 3 atom stereocenters. The second-order valence-electron chi connectivity index (χ2n) is 5.02. The summed E-state index contributed by atoms with van der Waals surface area (Å²) in [5.74, 6) is -1.16. The Kier molecular flexibility index (Phi) is 3.09. The number of carboxylic acid groups (broad SMARTS) is 1. The molecule has 2 saturated heterocycles. The van der Waals surface area contributed by atoms with Crippen LogP contribution >= 0.6 is 0 Å². The lowest BCUT2D eigenvalue weighted by molar-refractivity contribution is -0.156. The SMILES string of the molecule is CC1(C(=O)O)CCCN1C(=O)C1CC(O)CN1. The molecule has 0 spiro atoms. The smallest absolute Gasteiger partial charge is 0.329 e. The van der Waals surface area contributed by atoms with E-state index in [-0.39, 0.29) is 5.91 Å². The van der Waals surface area contributed by atoms with Gasteiger partial charge in [-0.2, -0.15) is 0 Å². The minimum atomic E-state index is -1.09. The van der Waals surface area contributed by atoms with Crippen LogP contribution in [0, 0.1) is 0 Å². The number of hydrogen-bond acceptors (Lipinski definition) is 4. The number of likely N-dealkylation sites (tertiary alicyclic amines) is 1. The molecule has 17 heavy (non-hydrogen) atoms. The molecule has 0 radical (unpaired) electrons. The van der Waals surface area contributed by atoms with Crippen molar-refractivity contribution in [2.45, 2.75) is 43.9 Å². The Labute approximate surface area is 99.6 Å². The average molecular weight is 242 g/mol. The van der Waals surface area contributed by atoms with Gasteiger partial charge in [0.15, 0.2) is 0 Å². The number of nitrogens with one attached hydrogen (secondary N) is 1. The highest BCUT2D eigenvalue weighted by atomic mass is 16.4. The van der Waals surface area contributed by atoms with E-state index in [1.165, 1.54) is 4.90 Å². The quantitative estimate of drug-likeness (QED) is 0.588. The number of amides is 1. The van der Waals surface area contributed by atoms with Crippen molar-refractivity contribution in [3.63, 3.8) is 0 Å². The zero-order valence-electron chi connectivity index (χ0n) is 9.85. The predicted molar refractivity (Wildman–Crippen MR) is 59.4 cm³/mol. The largest absolute Gasteiger partial charge is 0.480 e. The lowest BCUT2D eigenvalue weighted by Crippen LogP contribution is -2.55. The third kappa shape index (κ3) is 2.02. The molecule has 1 amide bonds. The summed E-state index contributed by atoms with van der Waals surface area (Å²) < 4.78 is 0. The van der Waals surface area contributed by atoms with Crippen LogP contribution in [0.2, 0.25) is 0 Å². The van der Waals surface area contributed by atoms with Gasteiger partial charge in [-0.15, -0.1) is 0 Å². The van der Waals surface area contributed by atoms with Gasteiger partial charge in [0, 0.05) is 13.1 Å². The number of rotatable bonds is 2. The van der Waals surface area contributed by atoms with Crippen LogP contribution < -0.4 is 5.32 Å². The van der Waals surface area contributed by atoms with Gasteiger partial charge in [0.1, 0.15) is 5.54 Å². The van der Waals surface area contributed by atoms with Crippen molar-refractivity contribution in [1.82, 2.24) is 10.2 Å². The van der Waals surface area contributed by atoms with Gasteiger partial charge in [-0.25, -0.2) is 4.79 Å². The molecule has 2 heterocycles. The maximum absolute atomic E-state index is 12.2. The third-order valence-electron chi connectivity index (χ3n) is 3.77. The van der Waals surface area contributed by atoms with Crippen molar-refractivity contribution in [2.75, 3.05) is 13.1 Å². The molecule has 3 N–H and O–H groups in total. The van der Waals surface area contributed by atoms with Gasteiger partial charge < -0.3 is 20.4 Å². The van der Waals surface area contributed by atoms with Gasteiger partial charge in [-0.3, -0.25) is 4.79 Å². The molecular weight excluding hydrogens is 224 g/mol. The van der Waals surface area contributed by atoms with Crippen molar-refractivity contribution in [3.8, 4) is 0 Å². The molecule has 3 unspecified atom stereocenters. The van der Waals surface area contributed by atoms with Crippen molar-refractivity contribution < 1.29 is 19.8 Å². The van der Waals surface area contributed by atoms with Gasteiger partial charge in [0.2, 0.25) is 5.91 Å². The number of aliphatic carboxylic acids is 1. The van der Waals surface area contributed by atoms with E-state index in [0.29, 0.717) is 32.4 Å². The summed E-state index contributed by atoms with van der Waals surface area (Å²) in [5, 5.41) is 21.5. The molecule has 2 aliphatic rings. The molecule has 0 saturated carbocycles. The first kappa shape index (κ1) is 12.3. The fraction of sp³-hybridized carbons (Fsp3) is 0.818. The third-order valence-corrected chi connectivity index (χ3v) is 3.77. The highest BCUT2D eigenvalue weighted by Gasteiger charge is 2.48. The van der Waals surface area contributed by atoms with E-state index in [9.17, 15) is 19.8 Å². The van der Waals surface area contributed by atoms with Gasteiger partial charge in [0.25, 0.3) is 0 Å². The molecule has 96 valence electrons. The summed E-state index contributed by atoms with van der Waals surface area (Å²) in [6, 6.07) is -0.443. The van der Waals surface area contributed by atoms with Crippen LogP contribution in [0.4, 0.5) is 0 Å². The summed E-state index contributed by atoms with van der Waals surface area (Å²) in [7, 11) is 0. The van der Waals surface area contributed by atoms with Crippen molar-refractivity contribution in [2.24, 2.45) is 0 Å². The first-order valence-electron chi connectivity index (χ1n) is 5.91. The molecule has 0 aromatic carbocycles. The minimum Gasteiger partial charge on any atom is -0.480 e. The summed E-state index contributed by atoms with van der Waals surface area (Å²) in [5.41, 5.74) is -1.09. The Balaban J connectivity index is 2.11. The highest BCUT2D eigenvalue weighted by molar-refractivity contribution is 5.90.